The third-order valence-electron chi connectivity index (χ3n) is 15.8. The second-order valence-corrected chi connectivity index (χ2v) is 25.0. The molecule has 10 heterocycles. The van der Waals surface area contributed by atoms with E-state index in [9.17, 15) is 9.59 Å². The average Bonchev–Trinajstić information content (AvgIpc) is 2.93. The topological polar surface area (TPSA) is 175 Å². The summed E-state index contributed by atoms with van der Waals surface area (Å²) < 4.78 is 9.48. The smallest absolute Gasteiger partial charge is 0.278 e. The van der Waals surface area contributed by atoms with Crippen LogP contribution in [0.1, 0.15) is 99.0 Å². The molecule has 0 atom stereocenters. The van der Waals surface area contributed by atoms with Crippen LogP contribution in [0.25, 0.3) is 33.7 Å². The normalized spacial score (nSPS) is 16.5. The third-order valence-corrected chi connectivity index (χ3v) is 17.7. The predicted octanol–water partition coefficient (Wildman–Crippen LogP) is 13.2. The Labute approximate surface area is 512 Å². The van der Waals surface area contributed by atoms with Gasteiger partial charge in [-0.15, -0.1) is 13.2 Å². The fraction of sp³-hybridized carbons (Fsp3) is 0.355. The minimum atomic E-state index is -0.155. The van der Waals surface area contributed by atoms with E-state index >= 15 is 0 Å². The number of fused-ring (bicyclic) bond motifs is 2. The number of nitrogens with zero attached hydrogens (tertiary/aromatic N) is 14. The van der Waals surface area contributed by atoms with Gasteiger partial charge in [0.15, 0.2) is 28.1 Å². The van der Waals surface area contributed by atoms with Crippen molar-refractivity contribution in [3.8, 4) is 11.6 Å². The Hall–Kier alpha value is -6.65. The Bertz CT molecular complexity index is 3870. The van der Waals surface area contributed by atoms with Crippen LogP contribution in [-0.4, -0.2) is 103 Å². The SMILES string of the molecule is Brc1cccc(Br)n1.Brc1cccc(C2CC2)n1.C=CCn1c(=O)c2cnc(Nc3ccc(N4CCC5(CCN(C)CC5)CC4)cc3)nc2n1-c1cccc(C2CC2)n1.C=CCn1c(=O)c2cnc(SC)nc2n1-c1cccc(C2CC2)n1. The first-order valence-electron chi connectivity index (χ1n) is 28.3. The highest BCUT2D eigenvalue weighted by molar-refractivity contribution is 9.11. The first-order chi connectivity index (χ1) is 40.4. The maximum absolute atomic E-state index is 13.3. The molecule has 5 fully saturated rings. The maximum atomic E-state index is 13.3. The lowest BCUT2D eigenvalue weighted by Gasteiger charge is -2.46. The van der Waals surface area contributed by atoms with Crippen LogP contribution in [0.3, 0.4) is 0 Å². The summed E-state index contributed by atoms with van der Waals surface area (Å²) in [4.78, 5) is 67.0. The number of likely N-dealkylation sites (tertiary alicyclic amines) is 1. The quantitative estimate of drug-likeness (QED) is 0.0499. The zero-order valence-electron chi connectivity index (χ0n) is 46.6. The summed E-state index contributed by atoms with van der Waals surface area (Å²) in [6, 6.07) is 32.2. The van der Waals surface area contributed by atoms with E-state index in [1.54, 1.807) is 43.3 Å². The number of halogens is 3. The van der Waals surface area contributed by atoms with Crippen LogP contribution in [0.4, 0.5) is 17.3 Å². The summed E-state index contributed by atoms with van der Waals surface area (Å²) in [6.07, 6.45) is 21.1. The lowest BCUT2D eigenvalue weighted by Crippen LogP contribution is -2.46. The van der Waals surface area contributed by atoms with Gasteiger partial charge < -0.3 is 15.1 Å². The monoisotopic (exact) mass is 1320 g/mol. The Morgan fingerprint density at radius 3 is 1.51 bits per heavy atom. The Balaban J connectivity index is 0.000000142. The van der Waals surface area contributed by atoms with Crippen LogP contribution < -0.4 is 21.3 Å². The van der Waals surface area contributed by atoms with Gasteiger partial charge in [0, 0.05) is 71.7 Å². The molecule has 1 aromatic carbocycles. The van der Waals surface area contributed by atoms with Gasteiger partial charge in [-0.25, -0.2) is 53.6 Å². The van der Waals surface area contributed by atoms with Gasteiger partial charge in [0.25, 0.3) is 11.1 Å². The number of anilines is 3. The van der Waals surface area contributed by atoms with Crippen molar-refractivity contribution < 1.29 is 0 Å². The maximum Gasteiger partial charge on any atom is 0.278 e. The van der Waals surface area contributed by atoms with Crippen LogP contribution >= 0.6 is 59.6 Å². The molecule has 1 N–H and O–H groups in total. The lowest BCUT2D eigenvalue weighted by molar-refractivity contribution is 0.0945. The number of thioether (sulfide) groups is 1. The molecule has 2 saturated heterocycles. The molecule has 14 rings (SSSR count). The summed E-state index contributed by atoms with van der Waals surface area (Å²) in [5.41, 5.74) is 6.92. The molecule has 428 valence electrons. The number of aromatic nitrogens is 12. The Morgan fingerprint density at radius 2 is 1.04 bits per heavy atom. The zero-order chi connectivity index (χ0) is 57.6. The average molecular weight is 1330 g/mol. The van der Waals surface area contributed by atoms with Crippen LogP contribution in [0.15, 0.2) is 163 Å². The largest absolute Gasteiger partial charge is 0.371 e. The van der Waals surface area contributed by atoms with Crippen molar-refractivity contribution in [1.82, 2.24) is 63.5 Å². The van der Waals surface area contributed by atoms with Gasteiger partial charge in [-0.05, 0) is 217 Å². The molecule has 3 saturated carbocycles. The van der Waals surface area contributed by atoms with Crippen molar-refractivity contribution in [3.63, 3.8) is 0 Å². The number of hydrogen-bond acceptors (Lipinski definition) is 14. The molecule has 0 amide bonds. The van der Waals surface area contributed by atoms with Crippen LogP contribution in [-0.2, 0) is 13.1 Å². The molecule has 8 aromatic heterocycles. The standard InChI is InChI=1S/C32H38N8O.C17H17N5OS.C8H8BrN.C5H3Br2N/c1-3-17-39-30(41)26-22-33-31(36-29(26)40(39)28-6-4-5-27(35-28)23-7-8-23)34-24-9-11-25(12-10-24)38-20-15-32(16-21-38)13-18-37(2)19-14-32;1-3-9-21-16(23)12-10-18-17(24-2)20-15(12)22(21)14-6-4-5-13(19-14)11-7-8-11;9-8-3-1-2-7(10-8)6-4-5-6;6-4-2-1-3-5(7)8-4/h3-6,9-12,22-23H,1,7-8,13-21H2,2H3,(H,33,34,36);3-6,10-11H,1,7-9H2,2H3;1-3,6H,4-5H2;1-3H. The van der Waals surface area contributed by atoms with Crippen LogP contribution in [0, 0.1) is 5.41 Å². The molecule has 3 aliphatic carbocycles. The number of piperidine rings is 2. The van der Waals surface area contributed by atoms with Crippen molar-refractivity contribution in [2.75, 3.05) is 49.7 Å². The number of allylic oxidation sites excluding steroid dienone is 2. The van der Waals surface area contributed by atoms with Crippen LogP contribution in [0.2, 0.25) is 0 Å². The van der Waals surface area contributed by atoms with Crippen molar-refractivity contribution >= 4 is 98.9 Å². The minimum absolute atomic E-state index is 0.129. The number of benzene rings is 1. The lowest BCUT2D eigenvalue weighted by atomic mass is 9.71. The highest BCUT2D eigenvalue weighted by Crippen LogP contribution is 2.43. The molecule has 2 aliphatic heterocycles. The number of rotatable bonds is 13. The summed E-state index contributed by atoms with van der Waals surface area (Å²) in [5.74, 6) is 3.64. The van der Waals surface area contributed by atoms with Gasteiger partial charge in [-0.1, -0.05) is 48.2 Å². The van der Waals surface area contributed by atoms with E-state index < -0.39 is 0 Å². The van der Waals surface area contributed by atoms with Gasteiger partial charge in [0.1, 0.15) is 24.6 Å². The molecule has 9 aromatic rings. The fourth-order valence-electron chi connectivity index (χ4n) is 10.7. The van der Waals surface area contributed by atoms with Gasteiger partial charge in [0.05, 0.1) is 13.1 Å². The molecule has 17 nitrogen and oxygen atoms in total. The summed E-state index contributed by atoms with van der Waals surface area (Å²) in [6.45, 7) is 13.0. The van der Waals surface area contributed by atoms with Crippen molar-refractivity contribution in [2.45, 2.75) is 100 Å². The molecular formula is C62H66Br3N15O2S. The van der Waals surface area contributed by atoms with E-state index in [2.05, 4.69) is 144 Å². The molecule has 0 unspecified atom stereocenters. The molecule has 21 heteroatoms. The molecule has 83 heavy (non-hydrogen) atoms. The minimum Gasteiger partial charge on any atom is -0.371 e. The summed E-state index contributed by atoms with van der Waals surface area (Å²) >= 11 is 11.2. The van der Waals surface area contributed by atoms with Gasteiger partial charge in [-0.3, -0.25) is 9.59 Å². The summed E-state index contributed by atoms with van der Waals surface area (Å²) in [7, 11) is 2.24. The number of pyridine rings is 4. The van der Waals surface area contributed by atoms with Gasteiger partial charge in [0.2, 0.25) is 5.95 Å². The van der Waals surface area contributed by atoms with E-state index in [4.69, 9.17) is 15.0 Å². The van der Waals surface area contributed by atoms with Crippen molar-refractivity contribution in [3.05, 3.63) is 186 Å². The number of nitrogens with one attached hydrogen (secondary N) is 1. The molecule has 5 aliphatic rings. The van der Waals surface area contributed by atoms with E-state index in [1.165, 1.54) is 87.6 Å². The van der Waals surface area contributed by atoms with E-state index in [-0.39, 0.29) is 11.1 Å². The molecular weight excluding hydrogens is 1260 g/mol. The van der Waals surface area contributed by atoms with Crippen molar-refractivity contribution in [1.29, 1.82) is 0 Å². The summed E-state index contributed by atoms with van der Waals surface area (Å²) in [5, 5.41) is 4.93. The third kappa shape index (κ3) is 14.0. The molecule has 0 bridgehead atoms. The molecule has 1 spiro atoms. The second-order valence-electron chi connectivity index (χ2n) is 21.8. The first-order valence-corrected chi connectivity index (χ1v) is 31.9. The zero-order valence-corrected chi connectivity index (χ0v) is 52.2. The Morgan fingerprint density at radius 1 is 0.578 bits per heavy atom. The second kappa shape index (κ2) is 26.1. The fourth-order valence-corrected chi connectivity index (χ4v) is 12.3. The van der Waals surface area contributed by atoms with E-state index in [1.807, 2.05) is 66.9 Å². The van der Waals surface area contributed by atoms with Crippen molar-refractivity contribution in [2.24, 2.45) is 5.41 Å². The predicted molar refractivity (Wildman–Crippen MR) is 342 cm³/mol. The highest BCUT2D eigenvalue weighted by Gasteiger charge is 2.37. The van der Waals surface area contributed by atoms with Gasteiger partial charge in [-0.2, -0.15) is 4.98 Å². The van der Waals surface area contributed by atoms with Gasteiger partial charge >= 0.3 is 0 Å². The van der Waals surface area contributed by atoms with E-state index in [0.717, 1.165) is 62.7 Å². The van der Waals surface area contributed by atoms with Crippen LogP contribution in [0.5, 0.6) is 0 Å². The molecule has 0 radical (unpaired) electrons. The highest BCUT2D eigenvalue weighted by atomic mass is 79.9. The first kappa shape index (κ1) is 58.1. The van der Waals surface area contributed by atoms with E-state index in [0.29, 0.717) is 75.1 Å². The Kier molecular flexibility index (Phi) is 18.3. The number of hydrogen-bond donors (Lipinski definition) is 1.